The molecule has 2 unspecified atom stereocenters. The van der Waals surface area contributed by atoms with E-state index in [1.807, 2.05) is 57.2 Å². The largest absolute Gasteiger partial charge is 0.387 e. The van der Waals surface area contributed by atoms with Crippen LogP contribution in [0.15, 0.2) is 65.8 Å². The molecular formula is C33H47N3O6Si. The number of aliphatic hydroxyl groups excluding tert-OH is 1. The van der Waals surface area contributed by atoms with Gasteiger partial charge in [0.15, 0.2) is 18.4 Å². The van der Waals surface area contributed by atoms with Gasteiger partial charge in [-0.15, -0.1) is 0 Å². The molecular weight excluding hydrogens is 562 g/mol. The van der Waals surface area contributed by atoms with E-state index in [9.17, 15) is 15.4 Å². The van der Waals surface area contributed by atoms with Crippen LogP contribution < -0.4 is 10.4 Å². The topological polar surface area (TPSA) is 123 Å². The van der Waals surface area contributed by atoms with Crippen LogP contribution in [0.4, 0.5) is 0 Å². The average molecular weight is 610 g/mol. The molecule has 4 rings (SSSR count). The fourth-order valence-corrected chi connectivity index (χ4v) is 11.3. The Morgan fingerprint density at radius 1 is 0.953 bits per heavy atom. The maximum absolute atomic E-state index is 13.1. The highest BCUT2D eigenvalue weighted by molar-refractivity contribution is 6.99. The Balaban J connectivity index is 1.71. The van der Waals surface area contributed by atoms with Gasteiger partial charge in [0, 0.05) is 10.8 Å². The van der Waals surface area contributed by atoms with Crippen LogP contribution in [0.25, 0.3) is 10.4 Å². The fraction of sp³-hybridized carbons (Fsp3) is 0.606. The number of ketones is 1. The molecule has 2 aliphatic rings. The first-order chi connectivity index (χ1) is 20.4. The molecule has 234 valence electrons. The first-order valence-corrected chi connectivity index (χ1v) is 17.3. The molecule has 2 aliphatic heterocycles. The van der Waals surface area contributed by atoms with Crippen molar-refractivity contribution in [3.63, 3.8) is 0 Å². The van der Waals surface area contributed by atoms with Crippen molar-refractivity contribution in [2.45, 2.75) is 110 Å². The van der Waals surface area contributed by atoms with E-state index >= 15 is 0 Å². The van der Waals surface area contributed by atoms with Crippen LogP contribution in [0.3, 0.4) is 0 Å². The number of carbonyl (C=O) groups is 1. The number of aliphatic hydroxyl groups is 1. The van der Waals surface area contributed by atoms with Crippen molar-refractivity contribution in [2.24, 2.45) is 22.9 Å². The molecule has 2 aromatic carbocycles. The number of azide groups is 1. The Kier molecular flexibility index (Phi) is 10.5. The molecule has 2 saturated heterocycles. The molecule has 2 aromatic rings. The van der Waals surface area contributed by atoms with Crippen LogP contribution in [0.2, 0.25) is 5.04 Å². The molecule has 43 heavy (non-hydrogen) atoms. The van der Waals surface area contributed by atoms with Gasteiger partial charge in [0.25, 0.3) is 8.32 Å². The second-order valence-corrected chi connectivity index (χ2v) is 17.4. The molecule has 1 N–H and O–H groups in total. The summed E-state index contributed by atoms with van der Waals surface area (Å²) in [5.74, 6) is -0.662. The van der Waals surface area contributed by atoms with E-state index < -0.39 is 51.2 Å². The number of Topliss-reactive ketones (excluding diaryl/α,β-unsaturated/α-hetero) is 1. The van der Waals surface area contributed by atoms with Crippen LogP contribution in [0, 0.1) is 17.8 Å². The summed E-state index contributed by atoms with van der Waals surface area (Å²) in [5.41, 5.74) is 9.32. The minimum atomic E-state index is -3.11. The van der Waals surface area contributed by atoms with Crippen molar-refractivity contribution in [1.29, 1.82) is 0 Å². The molecule has 0 radical (unpaired) electrons. The van der Waals surface area contributed by atoms with E-state index in [1.54, 1.807) is 0 Å². The van der Waals surface area contributed by atoms with Gasteiger partial charge in [-0.25, -0.2) is 0 Å². The molecule has 0 spiro atoms. The summed E-state index contributed by atoms with van der Waals surface area (Å²) in [6, 6.07) is 19.6. The maximum atomic E-state index is 13.1. The van der Waals surface area contributed by atoms with E-state index in [-0.39, 0.29) is 28.8 Å². The number of hydrogen-bond acceptors (Lipinski definition) is 7. The number of nitrogens with zero attached hydrogens (tertiary/aromatic N) is 3. The second-order valence-electron chi connectivity index (χ2n) is 13.1. The zero-order valence-electron chi connectivity index (χ0n) is 26.6. The van der Waals surface area contributed by atoms with E-state index in [1.165, 1.54) is 6.92 Å². The summed E-state index contributed by atoms with van der Waals surface area (Å²) in [5, 5.41) is 17.5. The van der Waals surface area contributed by atoms with Gasteiger partial charge in [0.05, 0.1) is 18.2 Å². The van der Waals surface area contributed by atoms with Crippen LogP contribution in [-0.2, 0) is 23.4 Å². The Bertz CT molecular complexity index is 1230. The summed E-state index contributed by atoms with van der Waals surface area (Å²) in [6.45, 7) is 15.9. The molecule has 10 heteroatoms. The van der Waals surface area contributed by atoms with Crippen molar-refractivity contribution < 1.29 is 28.5 Å². The summed E-state index contributed by atoms with van der Waals surface area (Å²) >= 11 is 0. The molecule has 10 atom stereocenters. The van der Waals surface area contributed by atoms with Crippen LogP contribution in [0.5, 0.6) is 0 Å². The summed E-state index contributed by atoms with van der Waals surface area (Å²) in [7, 11) is -3.11. The summed E-state index contributed by atoms with van der Waals surface area (Å²) in [6.07, 6.45) is -4.28. The number of rotatable bonds is 9. The predicted molar refractivity (Wildman–Crippen MR) is 168 cm³/mol. The van der Waals surface area contributed by atoms with Gasteiger partial charge in [-0.05, 0) is 46.1 Å². The highest BCUT2D eigenvalue weighted by Crippen LogP contribution is 2.42. The third-order valence-electron chi connectivity index (χ3n) is 9.45. The predicted octanol–water partition coefficient (Wildman–Crippen LogP) is 5.35. The van der Waals surface area contributed by atoms with Gasteiger partial charge in [-0.3, -0.25) is 4.79 Å². The third-order valence-corrected chi connectivity index (χ3v) is 14.4. The molecule has 9 nitrogen and oxygen atoms in total. The van der Waals surface area contributed by atoms with Gasteiger partial charge < -0.3 is 23.7 Å². The quantitative estimate of drug-likeness (QED) is 0.177. The van der Waals surface area contributed by atoms with E-state index in [4.69, 9.17) is 18.6 Å². The monoisotopic (exact) mass is 609 g/mol. The first kappa shape index (κ1) is 33.3. The highest BCUT2D eigenvalue weighted by Gasteiger charge is 2.56. The van der Waals surface area contributed by atoms with Gasteiger partial charge in [0.1, 0.15) is 12.2 Å². The van der Waals surface area contributed by atoms with Gasteiger partial charge >= 0.3 is 0 Å². The lowest BCUT2D eigenvalue weighted by Gasteiger charge is -2.50. The lowest BCUT2D eigenvalue weighted by molar-refractivity contribution is -0.309. The molecule has 2 fully saturated rings. The van der Waals surface area contributed by atoms with E-state index in [2.05, 4.69) is 62.0 Å². The number of ether oxygens (including phenoxy) is 3. The van der Waals surface area contributed by atoms with Crippen molar-refractivity contribution in [2.75, 3.05) is 0 Å². The van der Waals surface area contributed by atoms with Gasteiger partial charge in [-0.2, -0.15) is 0 Å². The van der Waals surface area contributed by atoms with Gasteiger partial charge in [-0.1, -0.05) is 114 Å². The Labute approximate surface area is 256 Å². The maximum Gasteiger partial charge on any atom is 0.264 e. The minimum absolute atomic E-state index is 0.00801. The lowest BCUT2D eigenvalue weighted by atomic mass is 9.81. The molecule has 0 aromatic heterocycles. The van der Waals surface area contributed by atoms with E-state index in [0.717, 1.165) is 16.8 Å². The number of benzene rings is 2. The molecule has 0 bridgehead atoms. The Hall–Kier alpha value is -2.56. The van der Waals surface area contributed by atoms with Crippen LogP contribution in [-0.4, -0.2) is 62.2 Å². The van der Waals surface area contributed by atoms with Crippen molar-refractivity contribution >= 4 is 24.5 Å². The van der Waals surface area contributed by atoms with Crippen molar-refractivity contribution in [3.05, 3.63) is 71.1 Å². The van der Waals surface area contributed by atoms with E-state index in [0.29, 0.717) is 0 Å². The third kappa shape index (κ3) is 6.47. The van der Waals surface area contributed by atoms with Crippen LogP contribution in [0.1, 0.15) is 61.8 Å². The molecule has 0 saturated carbocycles. The molecule has 0 aliphatic carbocycles. The zero-order chi connectivity index (χ0) is 31.5. The first-order valence-electron chi connectivity index (χ1n) is 15.3. The zero-order valence-corrected chi connectivity index (χ0v) is 27.6. The fourth-order valence-electron chi connectivity index (χ4n) is 6.73. The van der Waals surface area contributed by atoms with Gasteiger partial charge in [0.2, 0.25) is 0 Å². The number of carbonyl (C=O) groups excluding carboxylic acids is 1. The number of hydrogen-bond donors (Lipinski definition) is 1. The SMILES string of the molecule is CC[C@@H]1O[C@H](O[C@H]2C(C)[C@H](O)[C@H](O[Si](c3ccccc3)(c3ccccc3)C(C)(C)C)O[C@H]2C(C)=O)[C@@H](N=[N+]=[N-])C(C)[C@@H]1C. The Morgan fingerprint density at radius 2 is 1.51 bits per heavy atom. The molecule has 0 amide bonds. The average Bonchev–Trinajstić information content (AvgIpc) is 2.98. The van der Waals surface area contributed by atoms with Crippen LogP contribution >= 0.6 is 0 Å². The lowest BCUT2D eigenvalue weighted by Crippen LogP contribution is -2.70. The summed E-state index contributed by atoms with van der Waals surface area (Å²) < 4.78 is 26.3. The second kappa shape index (κ2) is 13.6. The smallest absolute Gasteiger partial charge is 0.264 e. The highest BCUT2D eigenvalue weighted by atomic mass is 28.4. The molecule has 2 heterocycles. The Morgan fingerprint density at radius 3 is 1.98 bits per heavy atom. The minimum Gasteiger partial charge on any atom is -0.387 e. The summed E-state index contributed by atoms with van der Waals surface area (Å²) in [4.78, 5) is 16.2. The standard InChI is InChI=1S/C33H47N3O6Si/c1-9-26-20(2)21(3)27(35-36-34)31(39-26)40-29-22(4)28(38)32(41-30(29)23(5)37)42-43(33(6,7)8,24-16-12-10-13-17-24)25-18-14-11-15-19-25/h10-22,26-32,38H,9H2,1-8H3/t20-,21?,22?,26-,27-,28-,29-,30-,31+,32-/m0/s1. The normalized spacial score (nSPS) is 33.4. The van der Waals surface area contributed by atoms with Crippen molar-refractivity contribution in [1.82, 2.24) is 0 Å². The van der Waals surface area contributed by atoms with Crippen molar-refractivity contribution in [3.8, 4) is 0 Å².